The summed E-state index contributed by atoms with van der Waals surface area (Å²) in [6.45, 7) is 5.86. The van der Waals surface area contributed by atoms with Gasteiger partial charge in [-0.1, -0.05) is 0 Å². The third-order valence-electron chi connectivity index (χ3n) is 3.48. The summed E-state index contributed by atoms with van der Waals surface area (Å²) in [5.41, 5.74) is -2.21. The van der Waals surface area contributed by atoms with Crippen LogP contribution in [-0.2, 0) is 9.94 Å². The molecule has 0 aromatic rings. The highest BCUT2D eigenvalue weighted by Gasteiger charge is 2.60. The quantitative estimate of drug-likeness (QED) is 0.723. The summed E-state index contributed by atoms with van der Waals surface area (Å²) in [4.78, 5) is 0. The van der Waals surface area contributed by atoms with Gasteiger partial charge in [0, 0.05) is 11.1 Å². The fraction of sp³-hybridized carbons (Fsp3) is 1.00. The molecule has 1 aliphatic heterocycles. The molecule has 0 amide bonds. The predicted octanol–water partition coefficient (Wildman–Crippen LogP) is 3.86. The number of halogens is 6. The molecule has 21 heavy (non-hydrogen) atoms. The van der Waals surface area contributed by atoms with Crippen molar-refractivity contribution in [3.05, 3.63) is 0 Å². The number of ether oxygens (including phenoxy) is 1. The zero-order chi connectivity index (χ0) is 16.9. The number of nitrogens with zero attached hydrogens (tertiary/aromatic N) is 1. The first kappa shape index (κ1) is 18.5. The van der Waals surface area contributed by atoms with E-state index >= 15 is 0 Å². The van der Waals surface area contributed by atoms with E-state index in [1.54, 1.807) is 0 Å². The monoisotopic (exact) mass is 322 g/mol. The second-order valence-electron chi connectivity index (χ2n) is 6.55. The van der Waals surface area contributed by atoms with E-state index in [0.717, 1.165) is 0 Å². The summed E-state index contributed by atoms with van der Waals surface area (Å²) in [5.74, 6) is 0. The molecule has 0 aromatic heterocycles. The van der Waals surface area contributed by atoms with Crippen LogP contribution in [0.4, 0.5) is 26.3 Å². The Hall–Kier alpha value is -0.540. The van der Waals surface area contributed by atoms with Crippen LogP contribution in [-0.4, -0.2) is 40.7 Å². The van der Waals surface area contributed by atoms with Crippen molar-refractivity contribution >= 4 is 0 Å². The van der Waals surface area contributed by atoms with Crippen molar-refractivity contribution in [2.24, 2.45) is 0 Å². The number of alkyl halides is 6. The first-order chi connectivity index (χ1) is 9.07. The van der Waals surface area contributed by atoms with Crippen molar-refractivity contribution in [3.63, 3.8) is 0 Å². The first-order valence-corrected chi connectivity index (χ1v) is 6.34. The van der Waals surface area contributed by atoms with Crippen molar-refractivity contribution in [2.45, 2.75) is 76.2 Å². The van der Waals surface area contributed by atoms with Crippen molar-refractivity contribution in [3.8, 4) is 0 Å². The Morgan fingerprint density at radius 1 is 0.952 bits per heavy atom. The maximum atomic E-state index is 12.5. The van der Waals surface area contributed by atoms with E-state index < -0.39 is 35.6 Å². The highest BCUT2D eigenvalue weighted by molar-refractivity contribution is 4.97. The van der Waals surface area contributed by atoms with E-state index in [4.69, 9.17) is 0 Å². The second-order valence-corrected chi connectivity index (χ2v) is 6.55. The third kappa shape index (κ3) is 4.23. The number of hydrogen-bond acceptors (Lipinski definition) is 2. The van der Waals surface area contributed by atoms with Crippen molar-refractivity contribution in [1.82, 2.24) is 5.06 Å². The zero-order valence-electron chi connectivity index (χ0n) is 12.1. The topological polar surface area (TPSA) is 32.4 Å². The van der Waals surface area contributed by atoms with Crippen LogP contribution in [0.5, 0.6) is 0 Å². The minimum Gasteiger partial charge on any atom is -0.357 e. The van der Waals surface area contributed by atoms with Crippen LogP contribution in [0.25, 0.3) is 0 Å². The van der Waals surface area contributed by atoms with Crippen LogP contribution in [0.3, 0.4) is 0 Å². The molecule has 0 atom stereocenters. The number of hydrogen-bond donors (Lipinski definition) is 0. The Bertz CT molecular complexity index is 345. The highest BCUT2D eigenvalue weighted by Crippen LogP contribution is 2.42. The molecule has 125 valence electrons. The minimum absolute atomic E-state index is 0.206. The summed E-state index contributed by atoms with van der Waals surface area (Å²) in [5, 5.41) is 12.7. The third-order valence-corrected chi connectivity index (χ3v) is 3.48. The van der Waals surface area contributed by atoms with Gasteiger partial charge in [-0.05, 0) is 40.5 Å². The molecule has 0 spiro atoms. The van der Waals surface area contributed by atoms with E-state index in [1.165, 1.54) is 27.7 Å². The van der Waals surface area contributed by atoms with Crippen LogP contribution >= 0.6 is 0 Å². The van der Waals surface area contributed by atoms with E-state index in [2.05, 4.69) is 4.74 Å². The van der Waals surface area contributed by atoms with Gasteiger partial charge in [0.2, 0.25) is 6.10 Å². The molecule has 3 nitrogen and oxygen atoms in total. The average Bonchev–Trinajstić information content (AvgIpc) is 2.18. The fourth-order valence-electron chi connectivity index (χ4n) is 2.80. The normalized spacial score (nSPS) is 24.6. The molecule has 0 aromatic carbocycles. The molecule has 1 fully saturated rings. The molecule has 0 N–H and O–H groups in total. The van der Waals surface area contributed by atoms with Crippen LogP contribution in [0, 0.1) is 0 Å². The van der Waals surface area contributed by atoms with Gasteiger partial charge in [0.15, 0.2) is 0 Å². The number of rotatable bonds is 2. The van der Waals surface area contributed by atoms with Gasteiger partial charge in [0.1, 0.15) is 0 Å². The molecule has 1 rings (SSSR count). The molecule has 0 saturated carbocycles. The van der Waals surface area contributed by atoms with E-state index in [-0.39, 0.29) is 12.8 Å². The largest absolute Gasteiger partial charge is 0.423 e. The summed E-state index contributed by atoms with van der Waals surface area (Å²) in [6.07, 6.45) is -16.6. The Morgan fingerprint density at radius 3 is 1.57 bits per heavy atom. The van der Waals surface area contributed by atoms with Gasteiger partial charge >= 0.3 is 12.4 Å². The summed E-state index contributed by atoms with van der Waals surface area (Å²) in [6, 6.07) is 0. The lowest BCUT2D eigenvalue weighted by molar-refractivity contribution is -0.351. The SMILES string of the molecule is CC1(C)CC(OC(C(F)(F)F)C(F)(F)F)CC(C)(C)N1[O]. The van der Waals surface area contributed by atoms with Crippen LogP contribution in [0.1, 0.15) is 40.5 Å². The summed E-state index contributed by atoms with van der Waals surface area (Å²) < 4.78 is 79.4. The lowest BCUT2D eigenvalue weighted by Crippen LogP contribution is -2.61. The van der Waals surface area contributed by atoms with Gasteiger partial charge in [-0.15, -0.1) is 10.3 Å². The molecule has 0 aliphatic carbocycles. The molecule has 1 aliphatic rings. The molecule has 1 saturated heterocycles. The van der Waals surface area contributed by atoms with E-state index in [0.29, 0.717) is 5.06 Å². The second kappa shape index (κ2) is 5.27. The Morgan fingerprint density at radius 2 is 1.29 bits per heavy atom. The Labute approximate surface area is 118 Å². The lowest BCUT2D eigenvalue weighted by Gasteiger charge is -2.50. The molecule has 1 heterocycles. The van der Waals surface area contributed by atoms with Gasteiger partial charge in [-0.2, -0.15) is 26.3 Å². The summed E-state index contributed by atoms with van der Waals surface area (Å²) >= 11 is 0. The lowest BCUT2D eigenvalue weighted by atomic mass is 9.80. The maximum Gasteiger partial charge on any atom is 0.423 e. The first-order valence-electron chi connectivity index (χ1n) is 6.34. The van der Waals surface area contributed by atoms with Gasteiger partial charge < -0.3 is 4.74 Å². The predicted molar refractivity (Wildman–Crippen MR) is 60.7 cm³/mol. The minimum atomic E-state index is -5.54. The molecular weight excluding hydrogens is 304 g/mol. The number of hydroxylamine groups is 2. The van der Waals surface area contributed by atoms with Gasteiger partial charge in [0.05, 0.1) is 6.10 Å². The van der Waals surface area contributed by atoms with Crippen LogP contribution in [0.2, 0.25) is 0 Å². The van der Waals surface area contributed by atoms with Gasteiger partial charge in [0.25, 0.3) is 0 Å². The standard InChI is InChI=1S/C12H18F6NO2/c1-9(2)5-7(6-10(3,4)19(9)20)21-8(11(13,14)15)12(16,17)18/h7-8H,5-6H2,1-4H3. The molecule has 9 heteroatoms. The smallest absolute Gasteiger partial charge is 0.357 e. The highest BCUT2D eigenvalue weighted by atomic mass is 19.4. The molecule has 1 radical (unpaired) electrons. The molecule has 0 unspecified atom stereocenters. The van der Waals surface area contributed by atoms with E-state index in [9.17, 15) is 31.5 Å². The Balaban J connectivity index is 2.96. The van der Waals surface area contributed by atoms with Gasteiger partial charge in [-0.3, -0.25) is 0 Å². The average molecular weight is 322 g/mol. The van der Waals surface area contributed by atoms with Crippen molar-refractivity contribution in [1.29, 1.82) is 0 Å². The Kier molecular flexibility index (Phi) is 4.65. The summed E-state index contributed by atoms with van der Waals surface area (Å²) in [7, 11) is 0. The van der Waals surface area contributed by atoms with Gasteiger partial charge in [-0.25, -0.2) is 0 Å². The van der Waals surface area contributed by atoms with E-state index in [1.807, 2.05) is 0 Å². The maximum absolute atomic E-state index is 12.5. The van der Waals surface area contributed by atoms with Crippen molar-refractivity contribution < 1.29 is 36.3 Å². The molecule has 0 bridgehead atoms. The zero-order valence-corrected chi connectivity index (χ0v) is 12.1. The van der Waals surface area contributed by atoms with Crippen LogP contribution < -0.4 is 0 Å². The van der Waals surface area contributed by atoms with Crippen LogP contribution in [0.15, 0.2) is 0 Å². The fourth-order valence-corrected chi connectivity index (χ4v) is 2.80. The molecular formula is C12H18F6NO2. The number of piperidine rings is 1. The van der Waals surface area contributed by atoms with Crippen molar-refractivity contribution in [2.75, 3.05) is 0 Å².